The number of hydrogen-bond donors (Lipinski definition) is 0. The van der Waals surface area contributed by atoms with Crippen LogP contribution in [0.4, 0.5) is 0 Å². The molecule has 17 heavy (non-hydrogen) atoms. The lowest BCUT2D eigenvalue weighted by Gasteiger charge is -2.07. The minimum Gasteiger partial charge on any atom is -0.494 e. The molecule has 0 aliphatic carbocycles. The van der Waals surface area contributed by atoms with E-state index in [1.807, 2.05) is 12.1 Å². The van der Waals surface area contributed by atoms with Crippen LogP contribution in [0.2, 0.25) is 0 Å². The summed E-state index contributed by atoms with van der Waals surface area (Å²) >= 11 is 3.42. The van der Waals surface area contributed by atoms with Gasteiger partial charge in [-0.1, -0.05) is 15.9 Å². The summed E-state index contributed by atoms with van der Waals surface area (Å²) < 4.78 is 10.7. The second-order valence-electron chi connectivity index (χ2n) is 3.36. The van der Waals surface area contributed by atoms with Crippen molar-refractivity contribution in [2.75, 3.05) is 14.2 Å². The Hall–Kier alpha value is -1.62. The zero-order valence-corrected chi connectivity index (χ0v) is 10.9. The SMILES string of the molecule is COC(=O)c1cnc2c(OC)ccc(Br)c2c1. The lowest BCUT2D eigenvalue weighted by Crippen LogP contribution is -2.02. The lowest BCUT2D eigenvalue weighted by atomic mass is 10.1. The molecule has 0 saturated carbocycles. The highest BCUT2D eigenvalue weighted by Crippen LogP contribution is 2.30. The smallest absolute Gasteiger partial charge is 0.339 e. The number of esters is 1. The normalized spacial score (nSPS) is 10.3. The van der Waals surface area contributed by atoms with Crippen LogP contribution in [0.15, 0.2) is 28.9 Å². The molecule has 4 nitrogen and oxygen atoms in total. The molecule has 0 aliphatic heterocycles. The van der Waals surface area contributed by atoms with Gasteiger partial charge in [0.2, 0.25) is 0 Å². The minimum absolute atomic E-state index is 0.408. The van der Waals surface area contributed by atoms with Gasteiger partial charge in [0, 0.05) is 16.1 Å². The fourth-order valence-corrected chi connectivity index (χ4v) is 1.99. The van der Waals surface area contributed by atoms with Crippen molar-refractivity contribution in [2.45, 2.75) is 0 Å². The Bertz CT molecular complexity index is 583. The van der Waals surface area contributed by atoms with Gasteiger partial charge in [0.1, 0.15) is 11.3 Å². The van der Waals surface area contributed by atoms with Crippen LogP contribution < -0.4 is 4.74 Å². The molecule has 0 atom stereocenters. The summed E-state index contributed by atoms with van der Waals surface area (Å²) in [6.07, 6.45) is 1.48. The summed E-state index contributed by atoms with van der Waals surface area (Å²) in [6.45, 7) is 0. The van der Waals surface area contributed by atoms with Crippen molar-refractivity contribution in [1.82, 2.24) is 4.98 Å². The summed E-state index contributed by atoms with van der Waals surface area (Å²) in [6, 6.07) is 5.39. The largest absolute Gasteiger partial charge is 0.494 e. The number of halogens is 1. The molecule has 1 aromatic heterocycles. The van der Waals surface area contributed by atoms with Crippen LogP contribution in [-0.2, 0) is 4.74 Å². The Kier molecular flexibility index (Phi) is 3.28. The number of rotatable bonds is 2. The first-order valence-corrected chi connectivity index (χ1v) is 5.67. The summed E-state index contributed by atoms with van der Waals surface area (Å²) in [7, 11) is 2.92. The maximum Gasteiger partial charge on any atom is 0.339 e. The number of carbonyl (C=O) groups excluding carboxylic acids is 1. The molecule has 0 aliphatic rings. The first-order chi connectivity index (χ1) is 8.17. The molecule has 0 amide bonds. The van der Waals surface area contributed by atoms with Crippen LogP contribution >= 0.6 is 15.9 Å². The van der Waals surface area contributed by atoms with E-state index in [4.69, 9.17) is 4.74 Å². The molecule has 0 fully saturated rings. The van der Waals surface area contributed by atoms with Crippen LogP contribution in [0.3, 0.4) is 0 Å². The average Bonchev–Trinajstić information content (AvgIpc) is 2.38. The third-order valence-corrected chi connectivity index (χ3v) is 3.09. The van der Waals surface area contributed by atoms with Gasteiger partial charge in [-0.05, 0) is 18.2 Å². The molecule has 0 N–H and O–H groups in total. The molecule has 2 aromatic rings. The molecule has 0 bridgehead atoms. The Morgan fingerprint density at radius 2 is 2.12 bits per heavy atom. The predicted molar refractivity (Wildman–Crippen MR) is 67.3 cm³/mol. The summed E-state index contributed by atoms with van der Waals surface area (Å²) in [5.74, 6) is 0.258. The molecule has 2 rings (SSSR count). The van der Waals surface area contributed by atoms with Crippen LogP contribution in [0.1, 0.15) is 10.4 Å². The van der Waals surface area contributed by atoms with Gasteiger partial charge in [-0.15, -0.1) is 0 Å². The molecule has 0 unspecified atom stereocenters. The van der Waals surface area contributed by atoms with Gasteiger partial charge < -0.3 is 9.47 Å². The van der Waals surface area contributed by atoms with Crippen LogP contribution in [0.5, 0.6) is 5.75 Å². The highest BCUT2D eigenvalue weighted by atomic mass is 79.9. The third kappa shape index (κ3) is 2.10. The van der Waals surface area contributed by atoms with E-state index in [9.17, 15) is 4.79 Å². The lowest BCUT2D eigenvalue weighted by molar-refractivity contribution is 0.0600. The maximum absolute atomic E-state index is 11.4. The average molecular weight is 296 g/mol. The number of pyridine rings is 1. The van der Waals surface area contributed by atoms with Gasteiger partial charge in [0.15, 0.2) is 0 Å². The van der Waals surface area contributed by atoms with E-state index in [0.29, 0.717) is 16.8 Å². The van der Waals surface area contributed by atoms with E-state index in [0.717, 1.165) is 9.86 Å². The number of ether oxygens (including phenoxy) is 2. The molecule has 0 spiro atoms. The monoisotopic (exact) mass is 295 g/mol. The Morgan fingerprint density at radius 3 is 2.76 bits per heavy atom. The maximum atomic E-state index is 11.4. The third-order valence-electron chi connectivity index (χ3n) is 2.40. The van der Waals surface area contributed by atoms with Gasteiger partial charge in [-0.25, -0.2) is 4.79 Å². The van der Waals surface area contributed by atoms with E-state index in [2.05, 4.69) is 25.7 Å². The van der Waals surface area contributed by atoms with Gasteiger partial charge >= 0.3 is 5.97 Å². The van der Waals surface area contributed by atoms with Gasteiger partial charge in [0.25, 0.3) is 0 Å². The van der Waals surface area contributed by atoms with Crippen LogP contribution in [0.25, 0.3) is 10.9 Å². The van der Waals surface area contributed by atoms with E-state index < -0.39 is 5.97 Å². The van der Waals surface area contributed by atoms with Crippen molar-refractivity contribution >= 4 is 32.8 Å². The molecule has 1 aromatic carbocycles. The topological polar surface area (TPSA) is 48.4 Å². The number of hydrogen-bond acceptors (Lipinski definition) is 4. The van der Waals surface area contributed by atoms with Crippen molar-refractivity contribution in [3.05, 3.63) is 34.4 Å². The number of fused-ring (bicyclic) bond motifs is 1. The second-order valence-corrected chi connectivity index (χ2v) is 4.22. The minimum atomic E-state index is -0.408. The highest BCUT2D eigenvalue weighted by Gasteiger charge is 2.11. The molecular weight excluding hydrogens is 286 g/mol. The zero-order valence-electron chi connectivity index (χ0n) is 9.36. The van der Waals surface area contributed by atoms with Crippen LogP contribution in [-0.4, -0.2) is 25.2 Å². The number of carbonyl (C=O) groups is 1. The first kappa shape index (κ1) is 11.9. The van der Waals surface area contributed by atoms with E-state index in [1.54, 1.807) is 13.2 Å². The summed E-state index contributed by atoms with van der Waals surface area (Å²) in [4.78, 5) is 15.6. The highest BCUT2D eigenvalue weighted by molar-refractivity contribution is 9.10. The van der Waals surface area contributed by atoms with Gasteiger partial charge in [-0.2, -0.15) is 0 Å². The standard InChI is InChI=1S/C12H10BrNO3/c1-16-10-4-3-9(13)8-5-7(12(15)17-2)6-14-11(8)10/h3-6H,1-2H3. The van der Waals surface area contributed by atoms with E-state index in [1.165, 1.54) is 13.3 Å². The molecule has 5 heteroatoms. The molecule has 0 saturated heterocycles. The number of nitrogens with zero attached hydrogens (tertiary/aromatic N) is 1. The molecule has 0 radical (unpaired) electrons. The van der Waals surface area contributed by atoms with Crippen molar-refractivity contribution in [1.29, 1.82) is 0 Å². The molecule has 88 valence electrons. The van der Waals surface area contributed by atoms with Crippen molar-refractivity contribution < 1.29 is 14.3 Å². The second kappa shape index (κ2) is 4.71. The number of aromatic nitrogens is 1. The van der Waals surface area contributed by atoms with Gasteiger partial charge in [-0.3, -0.25) is 4.98 Å². The number of methoxy groups -OCH3 is 2. The van der Waals surface area contributed by atoms with Crippen molar-refractivity contribution in [3.8, 4) is 5.75 Å². The van der Waals surface area contributed by atoms with E-state index in [-0.39, 0.29) is 0 Å². The first-order valence-electron chi connectivity index (χ1n) is 4.88. The van der Waals surface area contributed by atoms with Crippen molar-refractivity contribution in [2.24, 2.45) is 0 Å². The Balaban J connectivity index is 2.69. The number of benzene rings is 1. The predicted octanol–water partition coefficient (Wildman–Crippen LogP) is 2.79. The molecular formula is C12H10BrNO3. The Morgan fingerprint density at radius 1 is 1.35 bits per heavy atom. The Labute approximate surface area is 107 Å². The molecule has 1 heterocycles. The summed E-state index contributed by atoms with van der Waals surface area (Å²) in [5.41, 5.74) is 1.11. The fourth-order valence-electron chi connectivity index (χ4n) is 1.55. The quantitative estimate of drug-likeness (QED) is 0.800. The zero-order chi connectivity index (χ0) is 12.4. The fraction of sp³-hybridized carbons (Fsp3) is 0.167. The summed E-state index contributed by atoms with van der Waals surface area (Å²) in [5, 5.41) is 0.812. The van der Waals surface area contributed by atoms with Crippen LogP contribution in [0, 0.1) is 0 Å². The van der Waals surface area contributed by atoms with Gasteiger partial charge in [0.05, 0.1) is 19.8 Å². The van der Waals surface area contributed by atoms with E-state index >= 15 is 0 Å². The van der Waals surface area contributed by atoms with Crippen molar-refractivity contribution in [3.63, 3.8) is 0 Å².